The van der Waals surface area contributed by atoms with Crippen molar-refractivity contribution in [3.05, 3.63) is 47.3 Å². The molecule has 1 saturated heterocycles. The highest BCUT2D eigenvalue weighted by Crippen LogP contribution is 2.21. The summed E-state index contributed by atoms with van der Waals surface area (Å²) in [7, 11) is 0. The Kier molecular flexibility index (Phi) is 3.84. The van der Waals surface area contributed by atoms with Crippen molar-refractivity contribution in [1.82, 2.24) is 29.0 Å². The Bertz CT molecular complexity index is 862. The third kappa shape index (κ3) is 2.94. The number of hydrogen-bond donors (Lipinski definition) is 0. The minimum Gasteiger partial charge on any atom is -0.293 e. The van der Waals surface area contributed by atoms with Crippen molar-refractivity contribution in [3.8, 4) is 0 Å². The topological polar surface area (TPSA) is 51.2 Å². The zero-order valence-corrected chi connectivity index (χ0v) is 14.6. The Morgan fingerprint density at radius 1 is 1.17 bits per heavy atom. The third-order valence-electron chi connectivity index (χ3n) is 4.84. The minimum absolute atomic E-state index is 0.532. The van der Waals surface area contributed by atoms with Gasteiger partial charge in [0, 0.05) is 36.4 Å². The van der Waals surface area contributed by atoms with Gasteiger partial charge in [-0.3, -0.25) is 14.0 Å². The fraction of sp³-hybridized carbons (Fsp3) is 0.500. The van der Waals surface area contributed by atoms with Crippen LogP contribution in [-0.4, -0.2) is 41.6 Å². The zero-order valence-electron chi connectivity index (χ0n) is 14.6. The molecule has 0 amide bonds. The lowest BCUT2D eigenvalue weighted by Crippen LogP contribution is -2.32. The summed E-state index contributed by atoms with van der Waals surface area (Å²) >= 11 is 0. The van der Waals surface area contributed by atoms with Crippen molar-refractivity contribution < 1.29 is 0 Å². The van der Waals surface area contributed by atoms with Crippen molar-refractivity contribution in [2.24, 2.45) is 0 Å². The fourth-order valence-corrected chi connectivity index (χ4v) is 3.70. The second kappa shape index (κ2) is 6.02. The second-order valence-electron chi connectivity index (χ2n) is 6.95. The van der Waals surface area contributed by atoms with E-state index in [0.717, 1.165) is 36.8 Å². The van der Waals surface area contributed by atoms with Gasteiger partial charge in [-0.25, -0.2) is 9.97 Å². The van der Waals surface area contributed by atoms with E-state index in [1.54, 1.807) is 0 Å². The molecule has 6 nitrogen and oxygen atoms in total. The van der Waals surface area contributed by atoms with Gasteiger partial charge in [0.2, 0.25) is 5.78 Å². The van der Waals surface area contributed by atoms with E-state index < -0.39 is 0 Å². The maximum Gasteiger partial charge on any atom is 0.234 e. The van der Waals surface area contributed by atoms with Gasteiger partial charge in [-0.1, -0.05) is 0 Å². The summed E-state index contributed by atoms with van der Waals surface area (Å²) in [4.78, 5) is 11.8. The summed E-state index contributed by atoms with van der Waals surface area (Å²) in [5.41, 5.74) is 4.52. The molecule has 24 heavy (non-hydrogen) atoms. The Morgan fingerprint density at radius 3 is 2.83 bits per heavy atom. The molecule has 6 heteroatoms. The number of rotatable bonds is 4. The number of imidazole rings is 1. The predicted molar refractivity (Wildman–Crippen MR) is 92.9 cm³/mol. The normalized spacial score (nSPS) is 18.7. The molecule has 0 radical (unpaired) electrons. The van der Waals surface area contributed by atoms with Crippen molar-refractivity contribution in [1.29, 1.82) is 0 Å². The number of likely N-dealkylation sites (tertiary alicyclic amines) is 1. The summed E-state index contributed by atoms with van der Waals surface area (Å²) in [6.07, 6.45) is 8.65. The number of hydrogen-bond acceptors (Lipinski definition) is 4. The molecule has 0 aromatic carbocycles. The average molecular weight is 324 g/mol. The van der Waals surface area contributed by atoms with E-state index in [9.17, 15) is 0 Å². The van der Waals surface area contributed by atoms with Gasteiger partial charge in [-0.05, 0) is 51.8 Å². The molecule has 3 aromatic heterocycles. The second-order valence-corrected chi connectivity index (χ2v) is 6.95. The smallest absolute Gasteiger partial charge is 0.234 e. The molecule has 1 fully saturated rings. The molecule has 0 unspecified atom stereocenters. The average Bonchev–Trinajstić information content (AvgIpc) is 3.22. The first-order chi connectivity index (χ1) is 11.6. The van der Waals surface area contributed by atoms with Crippen LogP contribution in [0.3, 0.4) is 0 Å². The molecule has 4 heterocycles. The summed E-state index contributed by atoms with van der Waals surface area (Å²) in [5, 5.41) is 4.44. The Labute approximate surface area is 142 Å². The van der Waals surface area contributed by atoms with Crippen molar-refractivity contribution in [3.63, 3.8) is 0 Å². The van der Waals surface area contributed by atoms with Crippen LogP contribution in [0.15, 0.2) is 24.7 Å². The van der Waals surface area contributed by atoms with Crippen molar-refractivity contribution in [2.45, 2.75) is 52.7 Å². The molecule has 0 saturated carbocycles. The lowest BCUT2D eigenvalue weighted by atomic mass is 10.2. The quantitative estimate of drug-likeness (QED) is 0.740. The highest BCUT2D eigenvalue weighted by Gasteiger charge is 2.26. The fourth-order valence-electron chi connectivity index (χ4n) is 3.70. The zero-order chi connectivity index (χ0) is 16.7. The summed E-state index contributed by atoms with van der Waals surface area (Å²) in [6.45, 7) is 9.17. The number of nitrogens with zero attached hydrogens (tertiary/aromatic N) is 6. The molecule has 3 aromatic rings. The van der Waals surface area contributed by atoms with E-state index >= 15 is 0 Å². The predicted octanol–water partition coefficient (Wildman–Crippen LogP) is 2.52. The van der Waals surface area contributed by atoms with Gasteiger partial charge >= 0.3 is 0 Å². The maximum atomic E-state index is 4.73. The van der Waals surface area contributed by atoms with Gasteiger partial charge in [0.15, 0.2) is 0 Å². The molecule has 0 N–H and O–H groups in total. The van der Waals surface area contributed by atoms with Crippen LogP contribution in [0.4, 0.5) is 0 Å². The van der Waals surface area contributed by atoms with Crippen molar-refractivity contribution in [2.75, 3.05) is 6.54 Å². The third-order valence-corrected chi connectivity index (χ3v) is 4.84. The van der Waals surface area contributed by atoms with Gasteiger partial charge in [0.25, 0.3) is 0 Å². The number of aryl methyl sites for hydroxylation is 3. The van der Waals surface area contributed by atoms with Crippen LogP contribution in [0.2, 0.25) is 0 Å². The summed E-state index contributed by atoms with van der Waals surface area (Å²) in [6, 6.07) is 2.63. The lowest BCUT2D eigenvalue weighted by Gasteiger charge is -2.23. The lowest BCUT2D eigenvalue weighted by molar-refractivity contribution is 0.217. The monoisotopic (exact) mass is 324 g/mol. The Balaban J connectivity index is 1.52. The first-order valence-electron chi connectivity index (χ1n) is 8.64. The van der Waals surface area contributed by atoms with Crippen LogP contribution in [0, 0.1) is 20.8 Å². The first-order valence-corrected chi connectivity index (χ1v) is 8.64. The van der Waals surface area contributed by atoms with E-state index in [0.29, 0.717) is 6.04 Å². The standard InChI is InChI=1S/C18H24N6/c1-13-8-19-23(9-13)12-17-5-4-6-22(17)10-16-11-24-15(3)7-14(2)20-18(24)21-16/h7-9,11,17H,4-6,10,12H2,1-3H3/t17-/m0/s1. The van der Waals surface area contributed by atoms with Crippen LogP contribution in [0.1, 0.15) is 35.5 Å². The van der Waals surface area contributed by atoms with E-state index in [2.05, 4.69) is 56.4 Å². The van der Waals surface area contributed by atoms with E-state index in [-0.39, 0.29) is 0 Å². The van der Waals surface area contributed by atoms with E-state index in [1.165, 1.54) is 24.1 Å². The van der Waals surface area contributed by atoms with Crippen LogP contribution >= 0.6 is 0 Å². The number of fused-ring (bicyclic) bond motifs is 1. The first kappa shape index (κ1) is 15.3. The van der Waals surface area contributed by atoms with Crippen molar-refractivity contribution >= 4 is 5.78 Å². The molecule has 1 atom stereocenters. The molecule has 1 aliphatic rings. The SMILES string of the molecule is Cc1cnn(C[C@@H]2CCCN2Cc2cn3c(C)cc(C)nc3n2)c1. The van der Waals surface area contributed by atoms with Crippen LogP contribution in [0.25, 0.3) is 5.78 Å². The van der Waals surface area contributed by atoms with Gasteiger partial charge in [-0.15, -0.1) is 0 Å². The van der Waals surface area contributed by atoms with Gasteiger partial charge in [-0.2, -0.15) is 5.10 Å². The summed E-state index contributed by atoms with van der Waals surface area (Å²) < 4.78 is 4.15. The van der Waals surface area contributed by atoms with Crippen LogP contribution in [0.5, 0.6) is 0 Å². The molecule has 1 aliphatic heterocycles. The molecule has 4 rings (SSSR count). The summed E-state index contributed by atoms with van der Waals surface area (Å²) in [5.74, 6) is 0.806. The van der Waals surface area contributed by atoms with Gasteiger partial charge < -0.3 is 0 Å². The number of aromatic nitrogens is 5. The molecular weight excluding hydrogens is 300 g/mol. The van der Waals surface area contributed by atoms with Gasteiger partial charge in [0.1, 0.15) is 0 Å². The molecule has 126 valence electrons. The Morgan fingerprint density at radius 2 is 2.04 bits per heavy atom. The van der Waals surface area contributed by atoms with E-state index in [1.807, 2.05) is 13.1 Å². The Hall–Kier alpha value is -2.21. The molecular formula is C18H24N6. The van der Waals surface area contributed by atoms with Crippen LogP contribution < -0.4 is 0 Å². The minimum atomic E-state index is 0.532. The van der Waals surface area contributed by atoms with Crippen LogP contribution in [-0.2, 0) is 13.1 Å². The molecule has 0 aliphatic carbocycles. The highest BCUT2D eigenvalue weighted by molar-refractivity contribution is 5.34. The molecule has 0 bridgehead atoms. The molecule has 0 spiro atoms. The largest absolute Gasteiger partial charge is 0.293 e. The highest BCUT2D eigenvalue weighted by atomic mass is 15.3. The van der Waals surface area contributed by atoms with E-state index in [4.69, 9.17) is 4.98 Å². The van der Waals surface area contributed by atoms with Gasteiger partial charge in [0.05, 0.1) is 18.4 Å². The maximum absolute atomic E-state index is 4.73.